The van der Waals surface area contributed by atoms with E-state index in [2.05, 4.69) is 94.0 Å². The Balaban J connectivity index is 1.89. The highest BCUT2D eigenvalue weighted by atomic mass is 14.9. The van der Waals surface area contributed by atoms with E-state index in [1.165, 1.54) is 44.6 Å². The zero-order valence-corrected chi connectivity index (χ0v) is 16.6. The van der Waals surface area contributed by atoms with Crippen LogP contribution in [-0.4, -0.2) is 0 Å². The quantitative estimate of drug-likeness (QED) is 0.415. The molecule has 0 radical (unpaired) electrons. The second kappa shape index (κ2) is 6.09. The molecule has 1 nitrogen and oxygen atoms in total. The van der Waals surface area contributed by atoms with E-state index in [0.29, 0.717) is 5.41 Å². The molecule has 0 saturated carbocycles. The summed E-state index contributed by atoms with van der Waals surface area (Å²) in [6.45, 7) is 9.17. The predicted octanol–water partition coefficient (Wildman–Crippen LogP) is 5.65. The first-order chi connectivity index (χ1) is 12.3. The van der Waals surface area contributed by atoms with Crippen molar-refractivity contribution in [2.45, 2.75) is 40.5 Å². The molecule has 0 atom stereocenters. The summed E-state index contributed by atoms with van der Waals surface area (Å²) in [7, 11) is 2.16. The van der Waals surface area contributed by atoms with Gasteiger partial charge in [0.25, 0.3) is 0 Å². The molecule has 1 heterocycles. The number of benzene rings is 2. The van der Waals surface area contributed by atoms with Gasteiger partial charge in [-0.2, -0.15) is 0 Å². The fourth-order valence-electron chi connectivity index (χ4n) is 4.27. The van der Waals surface area contributed by atoms with Crippen LogP contribution in [0, 0.1) is 12.3 Å². The fourth-order valence-corrected chi connectivity index (χ4v) is 4.27. The Hall–Kier alpha value is -2.41. The molecule has 0 N–H and O–H groups in total. The maximum absolute atomic E-state index is 2.40. The number of aryl methyl sites for hydroxylation is 2. The summed E-state index contributed by atoms with van der Waals surface area (Å²) in [4.78, 5) is 0. The molecule has 1 heteroatoms. The molecule has 0 bridgehead atoms. The van der Waals surface area contributed by atoms with E-state index in [0.717, 1.165) is 12.8 Å². The van der Waals surface area contributed by atoms with Gasteiger partial charge in [0.1, 0.15) is 7.05 Å². The Kier molecular flexibility index (Phi) is 3.99. The number of rotatable bonds is 2. The number of pyridine rings is 1. The lowest BCUT2D eigenvalue weighted by molar-refractivity contribution is -0.660. The van der Waals surface area contributed by atoms with E-state index in [-0.39, 0.29) is 0 Å². The minimum atomic E-state index is 0.293. The number of nitrogens with zero attached hydrogens (tertiary/aromatic N) is 1. The predicted molar refractivity (Wildman–Crippen MR) is 109 cm³/mol. The van der Waals surface area contributed by atoms with E-state index in [4.69, 9.17) is 0 Å². The Morgan fingerprint density at radius 1 is 0.962 bits per heavy atom. The van der Waals surface area contributed by atoms with Crippen molar-refractivity contribution in [1.29, 1.82) is 0 Å². The Morgan fingerprint density at radius 2 is 1.73 bits per heavy atom. The molecule has 3 aromatic rings. The van der Waals surface area contributed by atoms with E-state index in [1.54, 1.807) is 0 Å². The first-order valence-electron chi connectivity index (χ1n) is 9.53. The van der Waals surface area contributed by atoms with E-state index in [9.17, 15) is 0 Å². The van der Waals surface area contributed by atoms with Crippen molar-refractivity contribution in [2.75, 3.05) is 0 Å². The van der Waals surface area contributed by atoms with Crippen molar-refractivity contribution < 1.29 is 4.57 Å². The third-order valence-corrected chi connectivity index (χ3v) is 5.40. The Morgan fingerprint density at radius 3 is 2.50 bits per heavy atom. The van der Waals surface area contributed by atoms with E-state index < -0.39 is 0 Å². The van der Waals surface area contributed by atoms with Crippen LogP contribution in [0.25, 0.3) is 22.4 Å². The van der Waals surface area contributed by atoms with Gasteiger partial charge in [-0.1, -0.05) is 57.2 Å². The third-order valence-electron chi connectivity index (χ3n) is 5.40. The van der Waals surface area contributed by atoms with Crippen molar-refractivity contribution in [3.8, 4) is 22.4 Å². The molecule has 26 heavy (non-hydrogen) atoms. The topological polar surface area (TPSA) is 3.88 Å². The summed E-state index contributed by atoms with van der Waals surface area (Å²) < 4.78 is 2.28. The minimum Gasteiger partial charge on any atom is -0.201 e. The summed E-state index contributed by atoms with van der Waals surface area (Å²) in [6, 6.07) is 18.1. The molecule has 0 unspecified atom stereocenters. The molecule has 0 amide bonds. The van der Waals surface area contributed by atoms with Gasteiger partial charge < -0.3 is 0 Å². The molecule has 1 aliphatic carbocycles. The maximum atomic E-state index is 2.40. The van der Waals surface area contributed by atoms with Gasteiger partial charge >= 0.3 is 0 Å². The molecule has 1 aliphatic rings. The number of hydrogen-bond donors (Lipinski definition) is 0. The van der Waals surface area contributed by atoms with Crippen LogP contribution >= 0.6 is 0 Å². The van der Waals surface area contributed by atoms with Crippen molar-refractivity contribution in [2.24, 2.45) is 12.5 Å². The molecule has 2 aromatic carbocycles. The Labute approximate surface area is 157 Å². The summed E-state index contributed by atoms with van der Waals surface area (Å²) in [5, 5.41) is 0. The second-order valence-electron chi connectivity index (χ2n) is 8.89. The number of fused-ring (bicyclic) bond motifs is 3. The molecular weight excluding hydrogens is 314 g/mol. The van der Waals surface area contributed by atoms with Crippen LogP contribution < -0.4 is 4.57 Å². The molecule has 4 rings (SSSR count). The van der Waals surface area contributed by atoms with Gasteiger partial charge in [0.15, 0.2) is 6.20 Å². The van der Waals surface area contributed by atoms with Crippen molar-refractivity contribution in [3.63, 3.8) is 0 Å². The molecule has 1 aromatic heterocycles. The van der Waals surface area contributed by atoms with Crippen molar-refractivity contribution in [1.82, 2.24) is 0 Å². The van der Waals surface area contributed by atoms with Crippen LogP contribution in [0.5, 0.6) is 0 Å². The lowest BCUT2D eigenvalue weighted by Gasteiger charge is -2.18. The summed E-state index contributed by atoms with van der Waals surface area (Å²) >= 11 is 0. The standard InChI is InChI=1S/C25H28N/c1-17-10-11-21-20-9-7-6-8-19(20)15-22(21)24(17)23-14-18(12-13-26(23)5)16-25(2,3)4/h6-14H,15-16H2,1-5H3/q+1. The van der Waals surface area contributed by atoms with Gasteiger partial charge in [-0.3, -0.25) is 0 Å². The largest absolute Gasteiger partial charge is 0.213 e. The highest BCUT2D eigenvalue weighted by Crippen LogP contribution is 2.42. The van der Waals surface area contributed by atoms with E-state index in [1.807, 2.05) is 0 Å². The SMILES string of the molecule is Cc1ccc2c(c1-c1cc(CC(C)(C)C)cc[n+]1C)Cc1ccccc1-2. The van der Waals surface area contributed by atoms with Crippen LogP contribution in [0.4, 0.5) is 0 Å². The molecule has 0 aliphatic heterocycles. The zero-order chi connectivity index (χ0) is 18.5. The average Bonchev–Trinajstić information content (AvgIpc) is 2.94. The van der Waals surface area contributed by atoms with Crippen molar-refractivity contribution >= 4 is 0 Å². The highest BCUT2D eigenvalue weighted by Gasteiger charge is 2.26. The number of hydrogen-bond acceptors (Lipinski definition) is 0. The van der Waals surface area contributed by atoms with Crippen LogP contribution in [-0.2, 0) is 19.9 Å². The zero-order valence-electron chi connectivity index (χ0n) is 16.6. The molecule has 132 valence electrons. The van der Waals surface area contributed by atoms with Gasteiger partial charge in [-0.25, -0.2) is 4.57 Å². The van der Waals surface area contributed by atoms with Gasteiger partial charge in [0, 0.05) is 12.1 Å². The monoisotopic (exact) mass is 342 g/mol. The third kappa shape index (κ3) is 2.96. The minimum absolute atomic E-state index is 0.293. The van der Waals surface area contributed by atoms with Crippen LogP contribution in [0.1, 0.15) is 43.0 Å². The molecular formula is C25H28N+. The maximum Gasteiger partial charge on any atom is 0.213 e. The van der Waals surface area contributed by atoms with Crippen LogP contribution in [0.2, 0.25) is 0 Å². The summed E-state index contributed by atoms with van der Waals surface area (Å²) in [5.74, 6) is 0. The van der Waals surface area contributed by atoms with E-state index >= 15 is 0 Å². The van der Waals surface area contributed by atoms with Gasteiger partial charge in [0.05, 0.1) is 5.56 Å². The first-order valence-corrected chi connectivity index (χ1v) is 9.53. The molecule has 0 fully saturated rings. The molecule has 0 saturated heterocycles. The van der Waals surface area contributed by atoms with Crippen molar-refractivity contribution in [3.05, 3.63) is 77.0 Å². The molecule has 0 spiro atoms. The number of aromatic nitrogens is 1. The average molecular weight is 343 g/mol. The lowest BCUT2D eigenvalue weighted by atomic mass is 9.87. The van der Waals surface area contributed by atoms with Crippen LogP contribution in [0.15, 0.2) is 54.7 Å². The smallest absolute Gasteiger partial charge is 0.201 e. The first kappa shape index (κ1) is 17.0. The summed E-state index contributed by atoms with van der Waals surface area (Å²) in [5.41, 5.74) is 11.5. The van der Waals surface area contributed by atoms with Crippen LogP contribution in [0.3, 0.4) is 0 Å². The lowest BCUT2D eigenvalue weighted by Crippen LogP contribution is -2.31. The second-order valence-corrected chi connectivity index (χ2v) is 8.89. The Bertz CT molecular complexity index is 990. The van der Waals surface area contributed by atoms with Gasteiger partial charge in [-0.05, 0) is 58.6 Å². The fraction of sp³-hybridized carbons (Fsp3) is 0.320. The summed E-state index contributed by atoms with van der Waals surface area (Å²) in [6.07, 6.45) is 4.35. The van der Waals surface area contributed by atoms with Gasteiger partial charge in [-0.15, -0.1) is 0 Å². The van der Waals surface area contributed by atoms with Gasteiger partial charge in [0.2, 0.25) is 5.69 Å². The highest BCUT2D eigenvalue weighted by molar-refractivity contribution is 5.84. The normalized spacial score (nSPS) is 12.8.